The Labute approximate surface area is 113 Å². The standard InChI is InChI=1S/C13H12FN3O3/c14-9-4-2-1-3-7(9)5-10-16-12(15)8(6-11(18)19)13(20)17-10/h1-4H,5-6H2,(H,18,19)(H3,15,16,17,20). The van der Waals surface area contributed by atoms with Crippen LogP contribution in [0.25, 0.3) is 0 Å². The van der Waals surface area contributed by atoms with Crippen LogP contribution >= 0.6 is 0 Å². The lowest BCUT2D eigenvalue weighted by Gasteiger charge is -2.06. The summed E-state index contributed by atoms with van der Waals surface area (Å²) in [6.45, 7) is 0. The summed E-state index contributed by atoms with van der Waals surface area (Å²) in [5.74, 6) is -1.55. The topological polar surface area (TPSA) is 109 Å². The first kappa shape index (κ1) is 13.7. The molecule has 0 spiro atoms. The molecule has 104 valence electrons. The minimum absolute atomic E-state index is 0.0689. The van der Waals surface area contributed by atoms with Crippen LogP contribution in [-0.4, -0.2) is 21.0 Å². The van der Waals surface area contributed by atoms with E-state index >= 15 is 0 Å². The number of nitrogens with zero attached hydrogens (tertiary/aromatic N) is 1. The number of nitrogens with two attached hydrogens (primary N) is 1. The number of hydrogen-bond donors (Lipinski definition) is 3. The normalized spacial score (nSPS) is 10.4. The fourth-order valence-corrected chi connectivity index (χ4v) is 1.79. The number of carboxylic acids is 1. The zero-order chi connectivity index (χ0) is 14.7. The van der Waals surface area contributed by atoms with Crippen LogP contribution in [0.5, 0.6) is 0 Å². The lowest BCUT2D eigenvalue weighted by atomic mass is 10.1. The van der Waals surface area contributed by atoms with E-state index in [1.807, 2.05) is 0 Å². The molecule has 0 aliphatic heterocycles. The van der Waals surface area contributed by atoms with Crippen LogP contribution in [0.4, 0.5) is 10.2 Å². The summed E-state index contributed by atoms with van der Waals surface area (Å²) in [6, 6.07) is 6.09. The summed E-state index contributed by atoms with van der Waals surface area (Å²) in [5, 5.41) is 8.67. The summed E-state index contributed by atoms with van der Waals surface area (Å²) < 4.78 is 13.5. The van der Waals surface area contributed by atoms with E-state index in [4.69, 9.17) is 10.8 Å². The first-order chi connectivity index (χ1) is 9.47. The van der Waals surface area contributed by atoms with Gasteiger partial charge in [0.2, 0.25) is 0 Å². The van der Waals surface area contributed by atoms with Crippen molar-refractivity contribution < 1.29 is 14.3 Å². The van der Waals surface area contributed by atoms with E-state index in [0.717, 1.165) is 0 Å². The van der Waals surface area contributed by atoms with Crippen molar-refractivity contribution in [2.75, 3.05) is 5.73 Å². The Bertz CT molecular complexity index is 712. The number of aromatic amines is 1. The molecule has 1 heterocycles. The highest BCUT2D eigenvalue weighted by atomic mass is 19.1. The minimum Gasteiger partial charge on any atom is -0.481 e. The van der Waals surface area contributed by atoms with Crippen molar-refractivity contribution in [2.24, 2.45) is 0 Å². The highest BCUT2D eigenvalue weighted by molar-refractivity contribution is 5.71. The van der Waals surface area contributed by atoms with E-state index in [9.17, 15) is 14.0 Å². The van der Waals surface area contributed by atoms with E-state index in [1.54, 1.807) is 18.2 Å². The van der Waals surface area contributed by atoms with Crippen LogP contribution in [0.2, 0.25) is 0 Å². The number of aliphatic carboxylic acids is 1. The Morgan fingerprint density at radius 1 is 1.40 bits per heavy atom. The van der Waals surface area contributed by atoms with E-state index in [1.165, 1.54) is 6.07 Å². The van der Waals surface area contributed by atoms with Gasteiger partial charge in [-0.05, 0) is 11.6 Å². The molecule has 0 aliphatic carbocycles. The van der Waals surface area contributed by atoms with Crippen LogP contribution in [0.3, 0.4) is 0 Å². The van der Waals surface area contributed by atoms with Gasteiger partial charge in [-0.2, -0.15) is 0 Å². The van der Waals surface area contributed by atoms with E-state index < -0.39 is 23.8 Å². The molecule has 2 rings (SSSR count). The molecule has 0 amide bonds. The predicted molar refractivity (Wildman–Crippen MR) is 69.8 cm³/mol. The Balaban J connectivity index is 2.34. The number of anilines is 1. The molecule has 2 aromatic rings. The monoisotopic (exact) mass is 277 g/mol. The average molecular weight is 277 g/mol. The second kappa shape index (κ2) is 5.52. The van der Waals surface area contributed by atoms with Crippen molar-refractivity contribution in [1.82, 2.24) is 9.97 Å². The zero-order valence-corrected chi connectivity index (χ0v) is 10.4. The Hall–Kier alpha value is -2.70. The lowest BCUT2D eigenvalue weighted by molar-refractivity contribution is -0.136. The van der Waals surface area contributed by atoms with Crippen molar-refractivity contribution in [1.29, 1.82) is 0 Å². The lowest BCUT2D eigenvalue weighted by Crippen LogP contribution is -2.22. The molecule has 7 heteroatoms. The molecule has 0 unspecified atom stereocenters. The quantitative estimate of drug-likeness (QED) is 0.762. The van der Waals surface area contributed by atoms with Gasteiger partial charge >= 0.3 is 5.97 Å². The SMILES string of the molecule is Nc1nc(Cc2ccccc2F)[nH]c(=O)c1CC(=O)O. The summed E-state index contributed by atoms with van der Waals surface area (Å²) in [5.41, 5.74) is 5.21. The van der Waals surface area contributed by atoms with Gasteiger partial charge in [-0.25, -0.2) is 9.37 Å². The van der Waals surface area contributed by atoms with Crippen molar-refractivity contribution in [3.63, 3.8) is 0 Å². The van der Waals surface area contributed by atoms with Crippen LogP contribution < -0.4 is 11.3 Å². The number of nitrogen functional groups attached to an aromatic ring is 1. The van der Waals surface area contributed by atoms with Gasteiger partial charge in [-0.15, -0.1) is 0 Å². The molecule has 1 aromatic heterocycles. The molecule has 4 N–H and O–H groups in total. The largest absolute Gasteiger partial charge is 0.481 e. The molecular formula is C13H12FN3O3. The van der Waals surface area contributed by atoms with Gasteiger partial charge in [0.15, 0.2) is 0 Å². The molecule has 0 aliphatic rings. The molecule has 0 radical (unpaired) electrons. The summed E-state index contributed by atoms with van der Waals surface area (Å²) in [7, 11) is 0. The fraction of sp³-hybridized carbons (Fsp3) is 0.154. The zero-order valence-electron chi connectivity index (χ0n) is 10.4. The van der Waals surface area contributed by atoms with E-state index in [-0.39, 0.29) is 23.6 Å². The van der Waals surface area contributed by atoms with Crippen molar-refractivity contribution in [3.05, 3.63) is 57.4 Å². The average Bonchev–Trinajstić information content (AvgIpc) is 2.36. The van der Waals surface area contributed by atoms with Crippen LogP contribution in [-0.2, 0) is 17.6 Å². The summed E-state index contributed by atoms with van der Waals surface area (Å²) in [4.78, 5) is 28.7. The van der Waals surface area contributed by atoms with Gasteiger partial charge < -0.3 is 15.8 Å². The van der Waals surface area contributed by atoms with Crippen LogP contribution in [0, 0.1) is 5.82 Å². The van der Waals surface area contributed by atoms with Crippen molar-refractivity contribution in [3.8, 4) is 0 Å². The van der Waals surface area contributed by atoms with Crippen LogP contribution in [0.15, 0.2) is 29.1 Å². The minimum atomic E-state index is -1.18. The molecule has 6 nitrogen and oxygen atoms in total. The number of benzene rings is 1. The fourth-order valence-electron chi connectivity index (χ4n) is 1.79. The predicted octanol–water partition coefficient (Wildman–Crippen LogP) is 0.709. The van der Waals surface area contributed by atoms with Gasteiger partial charge in [-0.3, -0.25) is 9.59 Å². The number of nitrogens with one attached hydrogen (secondary N) is 1. The smallest absolute Gasteiger partial charge is 0.308 e. The van der Waals surface area contributed by atoms with Gasteiger partial charge in [0, 0.05) is 6.42 Å². The Morgan fingerprint density at radius 3 is 2.70 bits per heavy atom. The van der Waals surface area contributed by atoms with Crippen LogP contribution in [0.1, 0.15) is 17.0 Å². The van der Waals surface area contributed by atoms with Gasteiger partial charge in [0.1, 0.15) is 17.5 Å². The maximum absolute atomic E-state index is 13.5. The van der Waals surface area contributed by atoms with Gasteiger partial charge in [-0.1, -0.05) is 18.2 Å². The number of rotatable bonds is 4. The third-order valence-electron chi connectivity index (χ3n) is 2.74. The highest BCUT2D eigenvalue weighted by Crippen LogP contribution is 2.11. The van der Waals surface area contributed by atoms with Crippen molar-refractivity contribution in [2.45, 2.75) is 12.8 Å². The molecule has 1 aromatic carbocycles. The molecule has 0 fully saturated rings. The van der Waals surface area contributed by atoms with E-state index in [0.29, 0.717) is 5.56 Å². The number of hydrogen-bond acceptors (Lipinski definition) is 4. The first-order valence-electron chi connectivity index (χ1n) is 5.80. The number of halogens is 1. The molecule has 0 saturated carbocycles. The molecule has 0 atom stereocenters. The van der Waals surface area contributed by atoms with Gasteiger partial charge in [0.05, 0.1) is 12.0 Å². The first-order valence-corrected chi connectivity index (χ1v) is 5.80. The number of H-pyrrole nitrogens is 1. The third kappa shape index (κ3) is 3.00. The maximum atomic E-state index is 13.5. The number of carbonyl (C=O) groups is 1. The highest BCUT2D eigenvalue weighted by Gasteiger charge is 2.13. The maximum Gasteiger partial charge on any atom is 0.308 e. The second-order valence-corrected chi connectivity index (χ2v) is 4.22. The second-order valence-electron chi connectivity index (χ2n) is 4.22. The molecule has 0 saturated heterocycles. The Kier molecular flexibility index (Phi) is 3.79. The third-order valence-corrected chi connectivity index (χ3v) is 2.74. The molecular weight excluding hydrogens is 265 g/mol. The van der Waals surface area contributed by atoms with Gasteiger partial charge in [0.25, 0.3) is 5.56 Å². The number of carboxylic acid groups (broad SMARTS) is 1. The molecule has 20 heavy (non-hydrogen) atoms. The van der Waals surface area contributed by atoms with E-state index in [2.05, 4.69) is 9.97 Å². The summed E-state index contributed by atoms with van der Waals surface area (Å²) in [6.07, 6.45) is -0.437. The number of aromatic nitrogens is 2. The summed E-state index contributed by atoms with van der Waals surface area (Å²) >= 11 is 0. The molecule has 0 bridgehead atoms. The van der Waals surface area contributed by atoms with Crippen molar-refractivity contribution >= 4 is 11.8 Å². The Morgan fingerprint density at radius 2 is 2.10 bits per heavy atom.